The number of hydrogen-bond acceptors (Lipinski definition) is 3. The molecule has 0 unspecified atom stereocenters. The quantitative estimate of drug-likeness (QED) is 0.794. The molecule has 3 rings (SSSR count). The van der Waals surface area contributed by atoms with E-state index in [0.717, 1.165) is 20.9 Å². The van der Waals surface area contributed by atoms with Crippen LogP contribution in [0.5, 0.6) is 0 Å². The molecule has 0 aromatic carbocycles. The van der Waals surface area contributed by atoms with Crippen LogP contribution in [-0.2, 0) is 13.6 Å². The monoisotopic (exact) mass is 344 g/mol. The summed E-state index contributed by atoms with van der Waals surface area (Å²) in [5, 5.41) is 3.87. The van der Waals surface area contributed by atoms with Crippen molar-refractivity contribution in [3.63, 3.8) is 0 Å². The first kappa shape index (κ1) is 13.8. The van der Waals surface area contributed by atoms with Gasteiger partial charge in [-0.25, -0.2) is 0 Å². The fourth-order valence-corrected chi connectivity index (χ4v) is 2.64. The van der Waals surface area contributed by atoms with Gasteiger partial charge in [0, 0.05) is 42.0 Å². The van der Waals surface area contributed by atoms with E-state index in [9.17, 15) is 4.79 Å². The molecule has 0 saturated carbocycles. The summed E-state index contributed by atoms with van der Waals surface area (Å²) in [5.74, 6) is -0.121. The molecule has 21 heavy (non-hydrogen) atoms. The summed E-state index contributed by atoms with van der Waals surface area (Å²) in [6, 6.07) is 5.63. The minimum Gasteiger partial charge on any atom is -0.347 e. The number of nitrogens with one attached hydrogen (secondary N) is 1. The Labute approximate surface area is 130 Å². The van der Waals surface area contributed by atoms with Crippen LogP contribution in [0, 0.1) is 0 Å². The molecule has 0 fully saturated rings. The van der Waals surface area contributed by atoms with Crippen LogP contribution in [0.2, 0.25) is 0 Å². The number of nitrogens with zero attached hydrogens (tertiary/aromatic N) is 3. The number of pyridine rings is 2. The number of hydrogen-bond donors (Lipinski definition) is 1. The molecule has 0 saturated heterocycles. The van der Waals surface area contributed by atoms with E-state index >= 15 is 0 Å². The second-order valence-corrected chi connectivity index (χ2v) is 5.54. The van der Waals surface area contributed by atoms with Crippen LogP contribution in [0.1, 0.15) is 16.1 Å². The molecule has 3 heterocycles. The molecule has 0 aliphatic rings. The highest BCUT2D eigenvalue weighted by molar-refractivity contribution is 9.10. The number of aromatic nitrogens is 3. The van der Waals surface area contributed by atoms with Crippen molar-refractivity contribution in [2.45, 2.75) is 6.54 Å². The molecule has 1 amide bonds. The highest BCUT2D eigenvalue weighted by atomic mass is 79.9. The van der Waals surface area contributed by atoms with Crippen molar-refractivity contribution in [3.8, 4) is 0 Å². The number of fused-ring (bicyclic) bond motifs is 1. The van der Waals surface area contributed by atoms with Crippen molar-refractivity contribution < 1.29 is 4.79 Å². The van der Waals surface area contributed by atoms with Gasteiger partial charge < -0.3 is 9.88 Å². The smallest absolute Gasteiger partial charge is 0.268 e. The van der Waals surface area contributed by atoms with E-state index in [1.165, 1.54) is 0 Å². The second kappa shape index (κ2) is 5.65. The normalized spacial score (nSPS) is 10.8. The van der Waals surface area contributed by atoms with Gasteiger partial charge in [-0.15, -0.1) is 0 Å². The molecule has 6 heteroatoms. The van der Waals surface area contributed by atoms with Gasteiger partial charge >= 0.3 is 0 Å². The molecule has 0 aliphatic carbocycles. The first-order valence-electron chi connectivity index (χ1n) is 6.43. The molecular formula is C15H13BrN4O. The van der Waals surface area contributed by atoms with Gasteiger partial charge in [0.05, 0.1) is 11.7 Å². The maximum absolute atomic E-state index is 12.3. The Balaban J connectivity index is 1.85. The minimum atomic E-state index is -0.121. The van der Waals surface area contributed by atoms with Gasteiger partial charge in [0.1, 0.15) is 5.69 Å². The van der Waals surface area contributed by atoms with Crippen LogP contribution in [0.25, 0.3) is 10.9 Å². The molecule has 5 nitrogen and oxygen atoms in total. The third-order valence-corrected chi connectivity index (χ3v) is 3.96. The first-order valence-corrected chi connectivity index (χ1v) is 7.22. The number of carbonyl (C=O) groups excluding carboxylic acids is 1. The summed E-state index contributed by atoms with van der Waals surface area (Å²) < 4.78 is 2.72. The maximum atomic E-state index is 12.3. The van der Waals surface area contributed by atoms with E-state index in [2.05, 4.69) is 31.2 Å². The van der Waals surface area contributed by atoms with Crippen molar-refractivity contribution in [2.75, 3.05) is 0 Å². The van der Waals surface area contributed by atoms with E-state index in [4.69, 9.17) is 0 Å². The Morgan fingerprint density at radius 3 is 2.90 bits per heavy atom. The van der Waals surface area contributed by atoms with Gasteiger partial charge in [0.15, 0.2) is 0 Å². The summed E-state index contributed by atoms with van der Waals surface area (Å²) in [5.41, 5.74) is 2.48. The topological polar surface area (TPSA) is 59.8 Å². The van der Waals surface area contributed by atoms with Crippen LogP contribution >= 0.6 is 15.9 Å². The van der Waals surface area contributed by atoms with Gasteiger partial charge in [-0.3, -0.25) is 14.8 Å². The average Bonchev–Trinajstić information content (AvgIpc) is 2.85. The molecule has 0 bridgehead atoms. The van der Waals surface area contributed by atoms with Crippen molar-refractivity contribution in [3.05, 3.63) is 58.7 Å². The zero-order valence-electron chi connectivity index (χ0n) is 11.4. The molecular weight excluding hydrogens is 332 g/mol. The third-order valence-electron chi connectivity index (χ3n) is 3.33. The predicted octanol–water partition coefficient (Wildman–Crippen LogP) is 2.66. The SMILES string of the molecule is Cn1c(C(=O)NCc2cccnc2)cc2c(Br)cncc21. The molecule has 0 spiro atoms. The largest absolute Gasteiger partial charge is 0.347 e. The molecule has 3 aromatic heterocycles. The Morgan fingerprint density at radius 2 is 2.19 bits per heavy atom. The number of rotatable bonds is 3. The zero-order valence-corrected chi connectivity index (χ0v) is 13.0. The number of halogens is 1. The Hall–Kier alpha value is -2.21. The molecule has 1 N–H and O–H groups in total. The van der Waals surface area contributed by atoms with E-state index in [-0.39, 0.29) is 5.91 Å². The Bertz CT molecular complexity index is 798. The second-order valence-electron chi connectivity index (χ2n) is 4.69. The lowest BCUT2D eigenvalue weighted by molar-refractivity contribution is 0.0943. The lowest BCUT2D eigenvalue weighted by atomic mass is 10.2. The standard InChI is InChI=1S/C15H13BrN4O/c1-20-13(5-11-12(16)8-18-9-14(11)20)15(21)19-7-10-3-2-4-17-6-10/h2-6,8-9H,7H2,1H3,(H,19,21). The molecule has 0 radical (unpaired) electrons. The van der Waals surface area contributed by atoms with Crippen molar-refractivity contribution in [1.29, 1.82) is 0 Å². The fraction of sp³-hybridized carbons (Fsp3) is 0.133. The van der Waals surface area contributed by atoms with Crippen molar-refractivity contribution in [2.24, 2.45) is 7.05 Å². The van der Waals surface area contributed by atoms with Gasteiger partial charge in [-0.2, -0.15) is 0 Å². The van der Waals surface area contributed by atoms with Crippen LogP contribution in [0.15, 0.2) is 47.5 Å². The summed E-state index contributed by atoms with van der Waals surface area (Å²) >= 11 is 3.45. The van der Waals surface area contributed by atoms with Gasteiger partial charge in [-0.1, -0.05) is 6.07 Å². The summed E-state index contributed by atoms with van der Waals surface area (Å²) in [6.07, 6.45) is 6.92. The van der Waals surface area contributed by atoms with Crippen LogP contribution in [0.3, 0.4) is 0 Å². The molecule has 3 aromatic rings. The average molecular weight is 345 g/mol. The Kier molecular flexibility index (Phi) is 3.70. The van der Waals surface area contributed by atoms with Gasteiger partial charge in [0.2, 0.25) is 0 Å². The van der Waals surface area contributed by atoms with Crippen LogP contribution in [-0.4, -0.2) is 20.4 Å². The number of aryl methyl sites for hydroxylation is 1. The van der Waals surface area contributed by atoms with E-state index in [1.54, 1.807) is 24.8 Å². The lowest BCUT2D eigenvalue weighted by Gasteiger charge is -2.06. The van der Waals surface area contributed by atoms with E-state index < -0.39 is 0 Å². The fourth-order valence-electron chi connectivity index (χ4n) is 2.20. The van der Waals surface area contributed by atoms with E-state index in [1.807, 2.05) is 29.8 Å². The minimum absolute atomic E-state index is 0.121. The maximum Gasteiger partial charge on any atom is 0.268 e. The van der Waals surface area contributed by atoms with Gasteiger partial charge in [0.25, 0.3) is 5.91 Å². The van der Waals surface area contributed by atoms with E-state index in [0.29, 0.717) is 12.2 Å². The predicted molar refractivity (Wildman–Crippen MR) is 83.8 cm³/mol. The number of carbonyl (C=O) groups is 1. The highest BCUT2D eigenvalue weighted by Gasteiger charge is 2.14. The molecule has 106 valence electrons. The van der Waals surface area contributed by atoms with Crippen LogP contribution in [0.4, 0.5) is 0 Å². The van der Waals surface area contributed by atoms with Crippen LogP contribution < -0.4 is 5.32 Å². The Morgan fingerprint density at radius 1 is 1.33 bits per heavy atom. The van der Waals surface area contributed by atoms with Gasteiger partial charge in [-0.05, 0) is 33.6 Å². The summed E-state index contributed by atoms with van der Waals surface area (Å²) in [4.78, 5) is 20.5. The van der Waals surface area contributed by atoms with Crippen molar-refractivity contribution in [1.82, 2.24) is 19.9 Å². The number of amides is 1. The molecule has 0 aliphatic heterocycles. The first-order chi connectivity index (χ1) is 10.2. The molecule has 0 atom stereocenters. The summed E-state index contributed by atoms with van der Waals surface area (Å²) in [7, 11) is 1.86. The third kappa shape index (κ3) is 2.67. The highest BCUT2D eigenvalue weighted by Crippen LogP contribution is 2.25. The lowest BCUT2D eigenvalue weighted by Crippen LogP contribution is -2.24. The zero-order chi connectivity index (χ0) is 14.8. The van der Waals surface area contributed by atoms with Crippen molar-refractivity contribution >= 4 is 32.7 Å². The summed E-state index contributed by atoms with van der Waals surface area (Å²) in [6.45, 7) is 0.452.